The van der Waals surface area contributed by atoms with Crippen molar-refractivity contribution in [3.8, 4) is 0 Å². The molecule has 0 unspecified atom stereocenters. The van der Waals surface area contributed by atoms with Gasteiger partial charge in [0.15, 0.2) is 5.78 Å². The summed E-state index contributed by atoms with van der Waals surface area (Å²) in [4.78, 5) is 23.4. The molecular formula is C17H24O4. The molecule has 2 aliphatic rings. The number of hydrogen-bond donors (Lipinski definition) is 1. The van der Waals surface area contributed by atoms with Gasteiger partial charge in [-0.3, -0.25) is 9.59 Å². The van der Waals surface area contributed by atoms with E-state index in [4.69, 9.17) is 4.74 Å². The summed E-state index contributed by atoms with van der Waals surface area (Å²) >= 11 is 0. The van der Waals surface area contributed by atoms with E-state index in [-0.39, 0.29) is 36.3 Å². The number of esters is 1. The normalized spacial score (nSPS) is 35.5. The van der Waals surface area contributed by atoms with E-state index in [1.807, 2.05) is 13.0 Å². The number of rotatable bonds is 3. The van der Waals surface area contributed by atoms with E-state index >= 15 is 0 Å². The fourth-order valence-electron chi connectivity index (χ4n) is 3.50. The van der Waals surface area contributed by atoms with Gasteiger partial charge in [0.2, 0.25) is 0 Å². The van der Waals surface area contributed by atoms with Crippen LogP contribution in [0.4, 0.5) is 0 Å². The molecule has 116 valence electrons. The molecule has 0 radical (unpaired) electrons. The van der Waals surface area contributed by atoms with E-state index < -0.39 is 0 Å². The molecule has 0 saturated heterocycles. The van der Waals surface area contributed by atoms with E-state index in [9.17, 15) is 14.7 Å². The highest BCUT2D eigenvalue weighted by Gasteiger charge is 2.51. The Morgan fingerprint density at radius 1 is 1.57 bits per heavy atom. The summed E-state index contributed by atoms with van der Waals surface area (Å²) in [6, 6.07) is 0. The van der Waals surface area contributed by atoms with E-state index in [0.717, 1.165) is 19.3 Å². The van der Waals surface area contributed by atoms with E-state index in [1.54, 1.807) is 0 Å². The fourth-order valence-corrected chi connectivity index (χ4v) is 3.50. The molecule has 2 aliphatic carbocycles. The van der Waals surface area contributed by atoms with Crippen LogP contribution in [-0.4, -0.2) is 30.1 Å². The number of carbonyl (C=O) groups is 2. The molecule has 4 heteroatoms. The van der Waals surface area contributed by atoms with Crippen molar-refractivity contribution in [1.29, 1.82) is 0 Å². The van der Waals surface area contributed by atoms with E-state index in [2.05, 4.69) is 6.58 Å². The Morgan fingerprint density at radius 2 is 2.29 bits per heavy atom. The second-order valence-electron chi connectivity index (χ2n) is 6.56. The van der Waals surface area contributed by atoms with Gasteiger partial charge in [-0.25, -0.2) is 0 Å². The van der Waals surface area contributed by atoms with Gasteiger partial charge in [-0.2, -0.15) is 0 Å². The van der Waals surface area contributed by atoms with Crippen molar-refractivity contribution in [3.05, 3.63) is 23.8 Å². The quantitative estimate of drug-likeness (QED) is 0.641. The highest BCUT2D eigenvalue weighted by atomic mass is 16.5. The van der Waals surface area contributed by atoms with Crippen LogP contribution in [0.3, 0.4) is 0 Å². The van der Waals surface area contributed by atoms with Gasteiger partial charge in [-0.15, -0.1) is 0 Å². The van der Waals surface area contributed by atoms with Gasteiger partial charge in [0, 0.05) is 25.5 Å². The molecule has 4 nitrogen and oxygen atoms in total. The highest BCUT2D eigenvalue weighted by molar-refractivity contribution is 5.96. The maximum Gasteiger partial charge on any atom is 0.302 e. The Morgan fingerprint density at radius 3 is 2.90 bits per heavy atom. The smallest absolute Gasteiger partial charge is 0.302 e. The summed E-state index contributed by atoms with van der Waals surface area (Å²) in [5.41, 5.74) is 1.55. The molecule has 1 N–H and O–H groups in total. The van der Waals surface area contributed by atoms with Gasteiger partial charge in [0.1, 0.15) is 6.61 Å². The lowest BCUT2D eigenvalue weighted by Gasteiger charge is -2.53. The van der Waals surface area contributed by atoms with Crippen LogP contribution in [0.1, 0.15) is 39.5 Å². The summed E-state index contributed by atoms with van der Waals surface area (Å²) in [6.07, 6.45) is 4.77. The number of aliphatic hydroxyl groups is 1. The van der Waals surface area contributed by atoms with Crippen LogP contribution in [0.25, 0.3) is 0 Å². The number of Topliss-reactive ketones (excluding diaryl/α,β-unsaturated/α-hetero) is 1. The van der Waals surface area contributed by atoms with Gasteiger partial charge in [-0.05, 0) is 36.5 Å². The summed E-state index contributed by atoms with van der Waals surface area (Å²) in [5.74, 6) is 0.115. The molecular weight excluding hydrogens is 268 g/mol. The molecule has 0 aromatic carbocycles. The number of fused-ring (bicyclic) bond motifs is 1. The van der Waals surface area contributed by atoms with Crippen LogP contribution < -0.4 is 0 Å². The van der Waals surface area contributed by atoms with Gasteiger partial charge in [0.25, 0.3) is 0 Å². The first-order valence-electron chi connectivity index (χ1n) is 7.51. The molecule has 1 fully saturated rings. The van der Waals surface area contributed by atoms with Gasteiger partial charge >= 0.3 is 5.97 Å². The fraction of sp³-hybridized carbons (Fsp3) is 0.647. The summed E-state index contributed by atoms with van der Waals surface area (Å²) in [5, 5.41) is 9.61. The summed E-state index contributed by atoms with van der Waals surface area (Å²) < 4.78 is 4.97. The van der Waals surface area contributed by atoms with E-state index in [0.29, 0.717) is 17.9 Å². The van der Waals surface area contributed by atoms with Crippen LogP contribution in [-0.2, 0) is 14.3 Å². The van der Waals surface area contributed by atoms with Gasteiger partial charge < -0.3 is 9.84 Å². The number of carbonyl (C=O) groups excluding carboxylic acids is 2. The van der Waals surface area contributed by atoms with Crippen molar-refractivity contribution < 1.29 is 19.4 Å². The molecule has 0 aliphatic heterocycles. The number of hydrogen-bond acceptors (Lipinski definition) is 4. The van der Waals surface area contributed by atoms with Gasteiger partial charge in [-0.1, -0.05) is 25.2 Å². The minimum atomic E-state index is -0.380. The summed E-state index contributed by atoms with van der Waals surface area (Å²) in [7, 11) is 0. The Labute approximate surface area is 125 Å². The van der Waals surface area contributed by atoms with Crippen molar-refractivity contribution in [2.45, 2.75) is 39.5 Å². The van der Waals surface area contributed by atoms with Crippen molar-refractivity contribution >= 4 is 11.8 Å². The molecule has 0 amide bonds. The zero-order valence-electron chi connectivity index (χ0n) is 12.9. The first-order valence-corrected chi connectivity index (χ1v) is 7.51. The Bertz CT molecular complexity index is 491. The van der Waals surface area contributed by atoms with Crippen molar-refractivity contribution in [2.75, 3.05) is 13.2 Å². The average molecular weight is 292 g/mol. The number of ketones is 1. The van der Waals surface area contributed by atoms with Crippen LogP contribution in [0.5, 0.6) is 0 Å². The Kier molecular flexibility index (Phi) is 4.67. The van der Waals surface area contributed by atoms with Crippen LogP contribution in [0.15, 0.2) is 23.8 Å². The zero-order chi connectivity index (χ0) is 15.6. The molecule has 0 spiro atoms. The van der Waals surface area contributed by atoms with Crippen LogP contribution in [0, 0.1) is 17.3 Å². The Balaban J connectivity index is 2.15. The first kappa shape index (κ1) is 16.0. The molecule has 3 atom stereocenters. The maximum absolute atomic E-state index is 12.5. The molecule has 1 saturated carbocycles. The third-order valence-electron chi connectivity index (χ3n) is 5.00. The Hall–Kier alpha value is -1.42. The third-order valence-corrected chi connectivity index (χ3v) is 5.00. The number of aliphatic hydroxyl groups excluding tert-OH is 1. The zero-order valence-corrected chi connectivity index (χ0v) is 12.9. The molecule has 0 aromatic rings. The molecule has 0 heterocycles. The predicted octanol–water partition coefficient (Wildman–Crippen LogP) is 2.42. The van der Waals surface area contributed by atoms with Gasteiger partial charge in [0.05, 0.1) is 0 Å². The van der Waals surface area contributed by atoms with Crippen LogP contribution in [0.2, 0.25) is 0 Å². The van der Waals surface area contributed by atoms with Crippen LogP contribution >= 0.6 is 0 Å². The monoisotopic (exact) mass is 292 g/mol. The van der Waals surface area contributed by atoms with E-state index in [1.165, 1.54) is 12.5 Å². The summed E-state index contributed by atoms with van der Waals surface area (Å²) in [6.45, 7) is 7.67. The second-order valence-corrected chi connectivity index (χ2v) is 6.56. The lowest BCUT2D eigenvalue weighted by Crippen LogP contribution is -2.49. The average Bonchev–Trinajstić information content (AvgIpc) is 2.48. The minimum Gasteiger partial charge on any atom is -0.461 e. The molecule has 2 rings (SSSR count). The van der Waals surface area contributed by atoms with Crippen molar-refractivity contribution in [3.63, 3.8) is 0 Å². The lowest BCUT2D eigenvalue weighted by molar-refractivity contribution is -0.140. The lowest BCUT2D eigenvalue weighted by atomic mass is 9.51. The standard InChI is InChI=1S/C17H24O4/c1-11-5-4-6-13(9-21-12(2)19)16(20)7-15-14(11)8-17(15,3)10-18/h6,14-15,18H,1,4-5,7-10H2,2-3H3/b13-6+/t14-,15+,17-/m0/s1. The first-order chi connectivity index (χ1) is 9.87. The molecule has 21 heavy (non-hydrogen) atoms. The minimum absolute atomic E-state index is 0.0281. The number of allylic oxidation sites excluding steroid dienone is 2. The third kappa shape index (κ3) is 3.26. The topological polar surface area (TPSA) is 63.6 Å². The predicted molar refractivity (Wildman–Crippen MR) is 79.5 cm³/mol. The largest absolute Gasteiger partial charge is 0.461 e. The van der Waals surface area contributed by atoms with Crippen molar-refractivity contribution in [1.82, 2.24) is 0 Å². The highest BCUT2D eigenvalue weighted by Crippen LogP contribution is 2.56. The SMILES string of the molecule is C=C1CC/C=C(\COC(C)=O)C(=O)C[C@@H]2[C@H]1C[C@@]2(C)CO. The second kappa shape index (κ2) is 6.14. The molecule has 0 aromatic heterocycles. The molecule has 0 bridgehead atoms. The van der Waals surface area contributed by atoms with Crippen molar-refractivity contribution in [2.24, 2.45) is 17.3 Å². The number of ether oxygens (including phenoxy) is 1. The maximum atomic E-state index is 12.5.